The zero-order valence-electron chi connectivity index (χ0n) is 15.9. The highest BCUT2D eigenvalue weighted by Crippen LogP contribution is 2.50. The van der Waals surface area contributed by atoms with Gasteiger partial charge in [0.15, 0.2) is 5.41 Å². The second-order valence-corrected chi connectivity index (χ2v) is 7.79. The number of rotatable bonds is 4. The number of benzene rings is 2. The van der Waals surface area contributed by atoms with E-state index in [1.54, 1.807) is 0 Å². The van der Waals surface area contributed by atoms with Crippen molar-refractivity contribution in [1.29, 1.82) is 0 Å². The molecule has 4 rings (SSSR count). The first-order valence-electron chi connectivity index (χ1n) is 9.64. The molecule has 5 nitrogen and oxygen atoms in total. The Bertz CT molecular complexity index is 945. The first-order valence-corrected chi connectivity index (χ1v) is 9.64. The average Bonchev–Trinajstić information content (AvgIpc) is 3.27. The minimum Gasteiger partial charge on any atom is -0.481 e. The van der Waals surface area contributed by atoms with Crippen LogP contribution >= 0.6 is 0 Å². The van der Waals surface area contributed by atoms with Crippen LogP contribution < -0.4 is 5.32 Å². The minimum absolute atomic E-state index is 0.0376. The van der Waals surface area contributed by atoms with Crippen LogP contribution in [-0.2, 0) is 9.53 Å². The Hall–Kier alpha value is -3.03. The van der Waals surface area contributed by atoms with Crippen molar-refractivity contribution in [2.45, 2.75) is 37.4 Å². The lowest BCUT2D eigenvalue weighted by atomic mass is 9.85. The molecular formula is C22H20F3NO4. The summed E-state index contributed by atoms with van der Waals surface area (Å²) < 4.78 is 45.2. The molecule has 1 fully saturated rings. The van der Waals surface area contributed by atoms with E-state index in [0.717, 1.165) is 22.3 Å². The fourth-order valence-electron chi connectivity index (χ4n) is 4.55. The van der Waals surface area contributed by atoms with Crippen molar-refractivity contribution in [3.8, 4) is 11.1 Å². The van der Waals surface area contributed by atoms with E-state index in [-0.39, 0.29) is 18.9 Å². The molecule has 2 aliphatic carbocycles. The maximum atomic E-state index is 13.3. The maximum Gasteiger partial charge on any atom is 0.407 e. The minimum atomic E-state index is -4.88. The molecule has 1 amide bonds. The van der Waals surface area contributed by atoms with Crippen LogP contribution in [0.25, 0.3) is 11.1 Å². The van der Waals surface area contributed by atoms with Crippen molar-refractivity contribution in [2.75, 3.05) is 6.61 Å². The molecule has 8 heteroatoms. The van der Waals surface area contributed by atoms with Gasteiger partial charge in [0, 0.05) is 12.0 Å². The van der Waals surface area contributed by atoms with E-state index in [9.17, 15) is 22.8 Å². The molecular weight excluding hydrogens is 399 g/mol. The van der Waals surface area contributed by atoms with E-state index in [0.29, 0.717) is 0 Å². The Morgan fingerprint density at radius 2 is 1.63 bits per heavy atom. The molecule has 2 aromatic rings. The van der Waals surface area contributed by atoms with E-state index >= 15 is 0 Å². The molecule has 0 saturated heterocycles. The van der Waals surface area contributed by atoms with Gasteiger partial charge in [0.05, 0.1) is 0 Å². The molecule has 2 N–H and O–H groups in total. The van der Waals surface area contributed by atoms with Gasteiger partial charge in [-0.2, -0.15) is 13.2 Å². The number of hydrogen-bond acceptors (Lipinski definition) is 3. The van der Waals surface area contributed by atoms with E-state index in [2.05, 4.69) is 5.32 Å². The second-order valence-electron chi connectivity index (χ2n) is 7.79. The zero-order valence-corrected chi connectivity index (χ0v) is 15.9. The van der Waals surface area contributed by atoms with Crippen molar-refractivity contribution in [3.63, 3.8) is 0 Å². The van der Waals surface area contributed by atoms with Gasteiger partial charge in [0.25, 0.3) is 0 Å². The van der Waals surface area contributed by atoms with Crippen molar-refractivity contribution in [3.05, 3.63) is 59.7 Å². The monoisotopic (exact) mass is 419 g/mol. The molecule has 0 unspecified atom stereocenters. The summed E-state index contributed by atoms with van der Waals surface area (Å²) in [4.78, 5) is 23.5. The van der Waals surface area contributed by atoms with E-state index in [4.69, 9.17) is 9.84 Å². The summed E-state index contributed by atoms with van der Waals surface area (Å²) in [5, 5.41) is 11.5. The number of nitrogens with one attached hydrogen (secondary N) is 1. The van der Waals surface area contributed by atoms with Crippen molar-refractivity contribution >= 4 is 12.1 Å². The van der Waals surface area contributed by atoms with E-state index in [1.807, 2.05) is 48.5 Å². The van der Waals surface area contributed by atoms with Crippen LogP contribution in [0, 0.1) is 5.41 Å². The summed E-state index contributed by atoms with van der Waals surface area (Å²) >= 11 is 0. The molecule has 0 aromatic heterocycles. The lowest BCUT2D eigenvalue weighted by molar-refractivity contribution is -0.230. The Morgan fingerprint density at radius 3 is 2.13 bits per heavy atom. The van der Waals surface area contributed by atoms with E-state index < -0.39 is 42.5 Å². The summed E-state index contributed by atoms with van der Waals surface area (Å²) in [5.41, 5.74) is 1.35. The largest absolute Gasteiger partial charge is 0.481 e. The van der Waals surface area contributed by atoms with Gasteiger partial charge in [-0.25, -0.2) is 4.79 Å². The second kappa shape index (κ2) is 7.34. The number of hydrogen-bond donors (Lipinski definition) is 2. The number of alkyl carbamates (subject to hydrolysis) is 1. The van der Waals surface area contributed by atoms with Crippen LogP contribution in [-0.4, -0.2) is 36.0 Å². The average molecular weight is 419 g/mol. The Morgan fingerprint density at radius 1 is 1.07 bits per heavy atom. The topological polar surface area (TPSA) is 75.6 Å². The normalized spacial score (nSPS) is 23.0. The number of carbonyl (C=O) groups excluding carboxylic acids is 1. The molecule has 0 radical (unpaired) electrons. The molecule has 0 spiro atoms. The lowest BCUT2D eigenvalue weighted by Gasteiger charge is -2.27. The molecule has 0 bridgehead atoms. The molecule has 2 atom stereocenters. The fraction of sp³-hybridized carbons (Fsp3) is 0.364. The summed E-state index contributed by atoms with van der Waals surface area (Å²) in [6, 6.07) is 14.7. The van der Waals surface area contributed by atoms with Gasteiger partial charge in [-0.3, -0.25) is 4.79 Å². The summed E-state index contributed by atoms with van der Waals surface area (Å²) in [6.07, 6.45) is -7.06. The summed E-state index contributed by atoms with van der Waals surface area (Å²) in [5.74, 6) is -2.08. The quantitative estimate of drug-likeness (QED) is 0.753. The molecule has 0 heterocycles. The number of fused-ring (bicyclic) bond motifs is 3. The predicted octanol–water partition coefficient (Wildman–Crippen LogP) is 4.71. The summed E-state index contributed by atoms with van der Waals surface area (Å²) in [6.45, 7) is 0.0376. The summed E-state index contributed by atoms with van der Waals surface area (Å²) in [7, 11) is 0. The molecule has 30 heavy (non-hydrogen) atoms. The number of carboxylic acids is 1. The van der Waals surface area contributed by atoms with Crippen LogP contribution in [0.1, 0.15) is 36.3 Å². The first-order chi connectivity index (χ1) is 14.2. The lowest BCUT2D eigenvalue weighted by Crippen LogP contribution is -2.45. The van der Waals surface area contributed by atoms with Gasteiger partial charge in [-0.15, -0.1) is 0 Å². The Balaban J connectivity index is 1.41. The number of carboxylic acid groups (broad SMARTS) is 1. The van der Waals surface area contributed by atoms with Crippen molar-refractivity contribution < 1.29 is 32.6 Å². The number of amides is 1. The van der Waals surface area contributed by atoms with Gasteiger partial charge >= 0.3 is 18.2 Å². The van der Waals surface area contributed by atoms with Crippen LogP contribution in [0.4, 0.5) is 18.0 Å². The van der Waals surface area contributed by atoms with Crippen molar-refractivity contribution in [2.24, 2.45) is 5.41 Å². The highest BCUT2D eigenvalue weighted by molar-refractivity contribution is 5.79. The smallest absolute Gasteiger partial charge is 0.407 e. The fourth-order valence-corrected chi connectivity index (χ4v) is 4.55. The zero-order chi connectivity index (χ0) is 21.5. The molecule has 0 aliphatic heterocycles. The third-order valence-electron chi connectivity index (χ3n) is 6.13. The van der Waals surface area contributed by atoms with Crippen molar-refractivity contribution in [1.82, 2.24) is 5.32 Å². The standard InChI is InChI=1S/C22H20F3NO4/c23-22(24,25)21(19(27)28)10-9-13(11-21)26-20(29)30-12-18-16-7-3-1-5-14(16)15-6-2-4-8-17(15)18/h1-8,13,18H,9-12H2,(H,26,29)(H,27,28)/t13-,21+/m1/s1. The van der Waals surface area contributed by atoms with Crippen LogP contribution in [0.2, 0.25) is 0 Å². The highest BCUT2D eigenvalue weighted by Gasteiger charge is 2.63. The molecule has 2 aromatic carbocycles. The number of alkyl halides is 3. The van der Waals surface area contributed by atoms with Gasteiger partial charge in [0.2, 0.25) is 0 Å². The SMILES string of the molecule is O=C(N[C@@H]1CC[C@](C(=O)O)(C(F)(F)F)C1)OCC1c2ccccc2-c2ccccc21. The predicted molar refractivity (Wildman–Crippen MR) is 102 cm³/mol. The third kappa shape index (κ3) is 3.30. The number of aliphatic carboxylic acids is 1. The van der Waals surface area contributed by atoms with Gasteiger partial charge in [-0.05, 0) is 41.5 Å². The third-order valence-corrected chi connectivity index (χ3v) is 6.13. The number of ether oxygens (including phenoxy) is 1. The van der Waals surface area contributed by atoms with Gasteiger partial charge in [-0.1, -0.05) is 48.5 Å². The van der Waals surface area contributed by atoms with Crippen LogP contribution in [0.5, 0.6) is 0 Å². The number of carbonyl (C=O) groups is 2. The van der Waals surface area contributed by atoms with E-state index in [1.165, 1.54) is 0 Å². The molecule has 1 saturated carbocycles. The van der Waals surface area contributed by atoms with Gasteiger partial charge < -0.3 is 15.2 Å². The Labute approximate surface area is 170 Å². The Kier molecular flexibility index (Phi) is 4.95. The number of halogens is 3. The molecule has 2 aliphatic rings. The van der Waals surface area contributed by atoms with Gasteiger partial charge in [0.1, 0.15) is 6.61 Å². The molecule has 158 valence electrons. The first kappa shape index (κ1) is 20.3. The van der Waals surface area contributed by atoms with Crippen LogP contribution in [0.15, 0.2) is 48.5 Å². The maximum absolute atomic E-state index is 13.3. The highest BCUT2D eigenvalue weighted by atomic mass is 19.4. The van der Waals surface area contributed by atoms with Crippen LogP contribution in [0.3, 0.4) is 0 Å².